The first kappa shape index (κ1) is 21.5. The Kier molecular flexibility index (Phi) is 7.00. The summed E-state index contributed by atoms with van der Waals surface area (Å²) in [7, 11) is 1.64. The largest absolute Gasteiger partial charge is 0.497 e. The van der Waals surface area contributed by atoms with Gasteiger partial charge in [-0.25, -0.2) is 4.98 Å². The molecular formula is C21H20N4O3S3. The van der Waals surface area contributed by atoms with Crippen LogP contribution in [-0.4, -0.2) is 38.6 Å². The van der Waals surface area contributed by atoms with Crippen molar-refractivity contribution in [3.63, 3.8) is 0 Å². The van der Waals surface area contributed by atoms with Crippen molar-refractivity contribution in [2.75, 3.05) is 12.9 Å². The zero-order valence-electron chi connectivity index (χ0n) is 17.0. The van der Waals surface area contributed by atoms with Crippen molar-refractivity contribution in [1.82, 2.24) is 19.7 Å². The SMILES string of the molecule is CCn1c(SCC(=O)OCc2csc(-c3ccc(OC)cc3)n2)nnc1-c1cccs1. The maximum Gasteiger partial charge on any atom is 0.316 e. The van der Waals surface area contributed by atoms with Crippen molar-refractivity contribution in [2.45, 2.75) is 25.2 Å². The molecule has 4 aromatic rings. The number of thiazole rings is 1. The molecule has 31 heavy (non-hydrogen) atoms. The molecule has 0 amide bonds. The third-order valence-corrected chi connectivity index (χ3v) is 7.11. The fourth-order valence-electron chi connectivity index (χ4n) is 2.83. The van der Waals surface area contributed by atoms with E-state index in [2.05, 4.69) is 15.2 Å². The molecule has 0 aliphatic carbocycles. The molecular weight excluding hydrogens is 452 g/mol. The maximum atomic E-state index is 12.2. The number of nitrogens with zero attached hydrogens (tertiary/aromatic N) is 4. The Labute approximate surface area is 192 Å². The number of thiophene rings is 1. The Morgan fingerprint density at radius 1 is 1.16 bits per heavy atom. The van der Waals surface area contributed by atoms with E-state index in [-0.39, 0.29) is 18.3 Å². The lowest BCUT2D eigenvalue weighted by atomic mass is 10.2. The molecule has 0 N–H and O–H groups in total. The van der Waals surface area contributed by atoms with E-state index in [1.807, 2.05) is 58.6 Å². The van der Waals surface area contributed by atoms with E-state index >= 15 is 0 Å². The van der Waals surface area contributed by atoms with Crippen molar-refractivity contribution in [1.29, 1.82) is 0 Å². The highest BCUT2D eigenvalue weighted by Crippen LogP contribution is 2.28. The summed E-state index contributed by atoms with van der Waals surface area (Å²) in [4.78, 5) is 17.8. The fraction of sp³-hybridized carbons (Fsp3) is 0.238. The Hall–Kier alpha value is -2.69. The number of thioether (sulfide) groups is 1. The molecule has 0 atom stereocenters. The molecule has 3 heterocycles. The molecule has 7 nitrogen and oxygen atoms in total. The number of carbonyl (C=O) groups excluding carboxylic acids is 1. The Morgan fingerprint density at radius 2 is 2.00 bits per heavy atom. The van der Waals surface area contributed by atoms with Crippen molar-refractivity contribution in [3.8, 4) is 27.0 Å². The van der Waals surface area contributed by atoms with Crippen LogP contribution in [0.2, 0.25) is 0 Å². The molecule has 0 saturated carbocycles. The quantitative estimate of drug-likeness (QED) is 0.251. The number of hydrogen-bond donors (Lipinski definition) is 0. The van der Waals surface area contributed by atoms with Crippen LogP contribution in [0.4, 0.5) is 0 Å². The number of hydrogen-bond acceptors (Lipinski definition) is 9. The van der Waals surface area contributed by atoms with Gasteiger partial charge in [0, 0.05) is 17.5 Å². The van der Waals surface area contributed by atoms with Gasteiger partial charge in [0.25, 0.3) is 0 Å². The Balaban J connectivity index is 1.31. The summed E-state index contributed by atoms with van der Waals surface area (Å²) in [6.07, 6.45) is 0. The van der Waals surface area contributed by atoms with Crippen LogP contribution in [0.25, 0.3) is 21.3 Å². The lowest BCUT2D eigenvalue weighted by molar-refractivity contribution is -0.141. The highest BCUT2D eigenvalue weighted by Gasteiger charge is 2.16. The van der Waals surface area contributed by atoms with E-state index in [0.717, 1.165) is 39.3 Å². The van der Waals surface area contributed by atoms with Crippen molar-refractivity contribution >= 4 is 40.4 Å². The minimum atomic E-state index is -0.313. The smallest absolute Gasteiger partial charge is 0.316 e. The number of aromatic nitrogens is 4. The topological polar surface area (TPSA) is 79.1 Å². The average molecular weight is 473 g/mol. The van der Waals surface area contributed by atoms with Gasteiger partial charge in [0.15, 0.2) is 11.0 Å². The maximum absolute atomic E-state index is 12.2. The first-order chi connectivity index (χ1) is 15.2. The fourth-order valence-corrected chi connectivity index (χ4v) is 5.16. The molecule has 160 valence electrons. The number of ether oxygens (including phenoxy) is 2. The third-order valence-electron chi connectivity index (χ3n) is 4.36. The predicted octanol–water partition coefficient (Wildman–Crippen LogP) is 4.99. The van der Waals surface area contributed by atoms with Gasteiger partial charge in [0.2, 0.25) is 0 Å². The number of rotatable bonds is 9. The second-order valence-corrected chi connectivity index (χ2v) is 9.10. The van der Waals surface area contributed by atoms with Crippen LogP contribution in [0, 0.1) is 0 Å². The third kappa shape index (κ3) is 5.15. The van der Waals surface area contributed by atoms with Gasteiger partial charge < -0.3 is 14.0 Å². The molecule has 0 bridgehead atoms. The first-order valence-corrected chi connectivity index (χ1v) is 12.3. The molecule has 0 aliphatic heterocycles. The van der Waals surface area contributed by atoms with Gasteiger partial charge in [-0.05, 0) is 42.6 Å². The number of esters is 1. The van der Waals surface area contributed by atoms with Gasteiger partial charge in [0.1, 0.15) is 17.4 Å². The van der Waals surface area contributed by atoms with Crippen LogP contribution in [0.3, 0.4) is 0 Å². The number of carbonyl (C=O) groups is 1. The van der Waals surface area contributed by atoms with Crippen LogP contribution in [0.15, 0.2) is 52.3 Å². The van der Waals surface area contributed by atoms with E-state index in [0.29, 0.717) is 5.16 Å². The summed E-state index contributed by atoms with van der Waals surface area (Å²) in [5.41, 5.74) is 1.73. The van der Waals surface area contributed by atoms with Gasteiger partial charge >= 0.3 is 5.97 Å². The van der Waals surface area contributed by atoms with Gasteiger partial charge in [0.05, 0.1) is 23.4 Å². The van der Waals surface area contributed by atoms with Crippen LogP contribution in [0.5, 0.6) is 5.75 Å². The molecule has 4 rings (SSSR count). The summed E-state index contributed by atoms with van der Waals surface area (Å²) in [6.45, 7) is 2.91. The molecule has 0 spiro atoms. The van der Waals surface area contributed by atoms with Crippen LogP contribution in [-0.2, 0) is 22.7 Å². The van der Waals surface area contributed by atoms with E-state index in [1.165, 1.54) is 23.1 Å². The number of methoxy groups -OCH3 is 1. The zero-order chi connectivity index (χ0) is 21.6. The van der Waals surface area contributed by atoms with Crippen LogP contribution < -0.4 is 4.74 Å². The molecule has 10 heteroatoms. The highest BCUT2D eigenvalue weighted by atomic mass is 32.2. The molecule has 0 fully saturated rings. The van der Waals surface area contributed by atoms with Gasteiger partial charge in [-0.15, -0.1) is 32.9 Å². The van der Waals surface area contributed by atoms with E-state index in [1.54, 1.807) is 18.4 Å². The Morgan fingerprint density at radius 3 is 2.71 bits per heavy atom. The average Bonchev–Trinajstić information content (AvgIpc) is 3.56. The van der Waals surface area contributed by atoms with Gasteiger partial charge in [-0.1, -0.05) is 17.8 Å². The van der Waals surface area contributed by atoms with Gasteiger partial charge in [-0.2, -0.15) is 0 Å². The Bertz CT molecular complexity index is 1140. The molecule has 3 aromatic heterocycles. The summed E-state index contributed by atoms with van der Waals surface area (Å²) < 4.78 is 12.6. The molecule has 1 aromatic carbocycles. The van der Waals surface area contributed by atoms with Crippen molar-refractivity contribution in [2.24, 2.45) is 0 Å². The van der Waals surface area contributed by atoms with E-state index in [4.69, 9.17) is 9.47 Å². The minimum Gasteiger partial charge on any atom is -0.497 e. The van der Waals surface area contributed by atoms with Crippen LogP contribution in [0.1, 0.15) is 12.6 Å². The standard InChI is InChI=1S/C21H20N4O3S3/c1-3-25-19(17-5-4-10-29-17)23-24-21(25)31-13-18(26)28-11-15-12-30-20(22-15)14-6-8-16(27-2)9-7-14/h4-10,12H,3,11,13H2,1-2H3. The van der Waals surface area contributed by atoms with Crippen molar-refractivity contribution in [3.05, 3.63) is 52.9 Å². The zero-order valence-corrected chi connectivity index (χ0v) is 19.4. The summed E-state index contributed by atoms with van der Waals surface area (Å²) in [5, 5.41) is 14.0. The summed E-state index contributed by atoms with van der Waals surface area (Å²) in [6, 6.07) is 11.7. The predicted molar refractivity (Wildman–Crippen MR) is 124 cm³/mol. The lowest BCUT2D eigenvalue weighted by Gasteiger charge is -2.06. The highest BCUT2D eigenvalue weighted by molar-refractivity contribution is 7.99. The molecule has 0 radical (unpaired) electrons. The summed E-state index contributed by atoms with van der Waals surface area (Å²) in [5.74, 6) is 1.47. The van der Waals surface area contributed by atoms with E-state index in [9.17, 15) is 4.79 Å². The van der Waals surface area contributed by atoms with Gasteiger partial charge in [-0.3, -0.25) is 4.79 Å². The molecule has 0 unspecified atom stereocenters. The van der Waals surface area contributed by atoms with Crippen LogP contribution >= 0.6 is 34.4 Å². The monoisotopic (exact) mass is 472 g/mol. The van der Waals surface area contributed by atoms with E-state index < -0.39 is 0 Å². The van der Waals surface area contributed by atoms with Crippen molar-refractivity contribution < 1.29 is 14.3 Å². The minimum absolute atomic E-state index is 0.146. The second kappa shape index (κ2) is 10.1. The normalized spacial score (nSPS) is 10.9. The molecule has 0 saturated heterocycles. The second-order valence-electron chi connectivity index (χ2n) is 6.35. The summed E-state index contributed by atoms with van der Waals surface area (Å²) >= 11 is 4.46. The first-order valence-electron chi connectivity index (χ1n) is 9.52. The number of benzene rings is 1. The lowest BCUT2D eigenvalue weighted by Crippen LogP contribution is -2.08. The molecule has 0 aliphatic rings.